The predicted molar refractivity (Wildman–Crippen MR) is 149 cm³/mol. The van der Waals surface area contributed by atoms with Gasteiger partial charge in [0.25, 0.3) is 0 Å². The van der Waals surface area contributed by atoms with E-state index in [4.69, 9.17) is 9.84 Å². The maximum atomic E-state index is 14.4. The van der Waals surface area contributed by atoms with Crippen molar-refractivity contribution in [1.82, 2.24) is 14.9 Å². The standard InChI is InChI=1S/C29H35FN6O3/c1-29(2,18-31)28-14-27(39-3)26(15-33-28)32-8-4-5-21-13-23-24(11-19(30)12-25(23)35-21)34-20-6-9-36(10-7-20)16-22(38)17-37/h11-15,20,22,32,34-35,37-38H,6-10,16-17H2,1-3H3. The van der Waals surface area contributed by atoms with Gasteiger partial charge in [0.2, 0.25) is 0 Å². The molecule has 2 aromatic heterocycles. The zero-order valence-corrected chi connectivity index (χ0v) is 22.5. The number of benzene rings is 1. The second kappa shape index (κ2) is 12.4. The summed E-state index contributed by atoms with van der Waals surface area (Å²) in [6.45, 7) is 5.74. The van der Waals surface area contributed by atoms with Crippen LogP contribution in [0, 0.1) is 29.0 Å². The molecule has 1 atom stereocenters. The Hall–Kier alpha value is -3.83. The van der Waals surface area contributed by atoms with E-state index < -0.39 is 11.5 Å². The van der Waals surface area contributed by atoms with Gasteiger partial charge in [0.15, 0.2) is 0 Å². The molecule has 9 nitrogen and oxygen atoms in total. The third kappa shape index (κ3) is 6.98. The zero-order valence-electron chi connectivity index (χ0n) is 22.5. The Morgan fingerprint density at radius 2 is 2.03 bits per heavy atom. The first-order chi connectivity index (χ1) is 18.7. The number of hydrogen-bond donors (Lipinski definition) is 5. The first-order valence-corrected chi connectivity index (χ1v) is 13.0. The first kappa shape index (κ1) is 28.2. The van der Waals surface area contributed by atoms with E-state index in [-0.39, 0.29) is 18.5 Å². The number of hydrogen-bond acceptors (Lipinski definition) is 8. The summed E-state index contributed by atoms with van der Waals surface area (Å²) < 4.78 is 19.9. The fraction of sp³-hybridized carbons (Fsp3) is 0.448. The minimum absolute atomic E-state index is 0.180. The Kier molecular flexibility index (Phi) is 8.93. The minimum Gasteiger partial charge on any atom is -0.494 e. The summed E-state index contributed by atoms with van der Waals surface area (Å²) in [5.41, 5.74) is 2.63. The molecule has 0 radical (unpaired) electrons. The molecule has 1 aliphatic heterocycles. The molecule has 206 valence electrons. The number of nitrogens with one attached hydrogen (secondary N) is 3. The van der Waals surface area contributed by atoms with E-state index in [1.165, 1.54) is 12.1 Å². The molecule has 1 unspecified atom stereocenters. The van der Waals surface area contributed by atoms with Crippen LogP contribution in [-0.2, 0) is 5.41 Å². The molecule has 1 aliphatic rings. The Morgan fingerprint density at radius 1 is 1.26 bits per heavy atom. The van der Waals surface area contributed by atoms with Crippen molar-refractivity contribution in [1.29, 1.82) is 5.26 Å². The van der Waals surface area contributed by atoms with E-state index in [2.05, 4.69) is 43.4 Å². The number of aliphatic hydroxyl groups excluding tert-OH is 2. The molecule has 39 heavy (non-hydrogen) atoms. The zero-order chi connectivity index (χ0) is 28.0. The second-order valence-corrected chi connectivity index (χ2v) is 10.3. The lowest BCUT2D eigenvalue weighted by Crippen LogP contribution is -2.43. The van der Waals surface area contributed by atoms with Gasteiger partial charge in [-0.1, -0.05) is 5.92 Å². The summed E-state index contributed by atoms with van der Waals surface area (Å²) >= 11 is 0. The molecule has 1 fully saturated rings. The predicted octanol–water partition coefficient (Wildman–Crippen LogP) is 3.20. The van der Waals surface area contributed by atoms with Gasteiger partial charge in [-0.15, -0.1) is 0 Å². The van der Waals surface area contributed by atoms with Gasteiger partial charge < -0.3 is 35.5 Å². The monoisotopic (exact) mass is 534 g/mol. The van der Waals surface area contributed by atoms with Crippen LogP contribution in [0.4, 0.5) is 15.8 Å². The molecule has 0 spiro atoms. The van der Waals surface area contributed by atoms with Crippen molar-refractivity contribution in [3.05, 3.63) is 47.7 Å². The molecule has 3 aromatic rings. The van der Waals surface area contributed by atoms with Crippen molar-refractivity contribution in [2.45, 2.75) is 44.2 Å². The molecule has 1 aromatic carbocycles. The highest BCUT2D eigenvalue weighted by Crippen LogP contribution is 2.30. The molecule has 4 rings (SSSR count). The van der Waals surface area contributed by atoms with Crippen molar-refractivity contribution in [2.75, 3.05) is 50.5 Å². The summed E-state index contributed by atoms with van der Waals surface area (Å²) in [7, 11) is 1.57. The van der Waals surface area contributed by atoms with Gasteiger partial charge in [-0.05, 0) is 50.8 Å². The highest BCUT2D eigenvalue weighted by Gasteiger charge is 2.23. The van der Waals surface area contributed by atoms with Crippen LogP contribution in [0.5, 0.6) is 5.75 Å². The molecule has 0 amide bonds. The van der Waals surface area contributed by atoms with Gasteiger partial charge in [-0.2, -0.15) is 5.26 Å². The number of methoxy groups -OCH3 is 1. The van der Waals surface area contributed by atoms with Gasteiger partial charge in [0, 0.05) is 42.8 Å². The second-order valence-electron chi connectivity index (χ2n) is 10.3. The third-order valence-corrected chi connectivity index (χ3v) is 6.93. The number of aliphatic hydroxyl groups is 2. The normalized spacial score (nSPS) is 15.3. The van der Waals surface area contributed by atoms with Crippen LogP contribution in [0.3, 0.4) is 0 Å². The van der Waals surface area contributed by atoms with Crippen LogP contribution >= 0.6 is 0 Å². The lowest BCUT2D eigenvalue weighted by Gasteiger charge is -2.33. The number of piperidine rings is 1. The number of halogens is 1. The Bertz CT molecular complexity index is 1400. The number of β-amino-alcohol motifs (C(OH)–C–C–N with tert-alkyl or cyclic N) is 1. The van der Waals surface area contributed by atoms with Crippen LogP contribution < -0.4 is 15.4 Å². The van der Waals surface area contributed by atoms with Crippen LogP contribution in [0.1, 0.15) is 38.1 Å². The van der Waals surface area contributed by atoms with E-state index >= 15 is 0 Å². The maximum Gasteiger partial charge on any atom is 0.145 e. The van der Waals surface area contributed by atoms with Crippen molar-refractivity contribution in [2.24, 2.45) is 0 Å². The van der Waals surface area contributed by atoms with Gasteiger partial charge in [0.05, 0.1) is 66.6 Å². The third-order valence-electron chi connectivity index (χ3n) is 6.93. The van der Waals surface area contributed by atoms with E-state index in [1.807, 2.05) is 6.07 Å². The molecular formula is C29H35FN6O3. The van der Waals surface area contributed by atoms with E-state index in [1.54, 1.807) is 33.2 Å². The molecule has 5 N–H and O–H groups in total. The van der Waals surface area contributed by atoms with Gasteiger partial charge in [-0.3, -0.25) is 4.98 Å². The number of fused-ring (bicyclic) bond motifs is 1. The van der Waals surface area contributed by atoms with Crippen LogP contribution in [0.25, 0.3) is 10.9 Å². The summed E-state index contributed by atoms with van der Waals surface area (Å²) in [5.74, 6) is 6.41. The Labute approximate surface area is 228 Å². The fourth-order valence-corrected chi connectivity index (χ4v) is 4.64. The van der Waals surface area contributed by atoms with Crippen LogP contribution in [0.2, 0.25) is 0 Å². The van der Waals surface area contributed by atoms with Crippen molar-refractivity contribution < 1.29 is 19.3 Å². The average molecular weight is 535 g/mol. The van der Waals surface area contributed by atoms with E-state index in [0.29, 0.717) is 41.4 Å². The Balaban J connectivity index is 1.41. The molecule has 1 saturated heterocycles. The summed E-state index contributed by atoms with van der Waals surface area (Å²) in [5, 5.41) is 35.7. The lowest BCUT2D eigenvalue weighted by atomic mass is 9.90. The molecule has 0 aliphatic carbocycles. The first-order valence-electron chi connectivity index (χ1n) is 13.0. The summed E-state index contributed by atoms with van der Waals surface area (Å²) in [6, 6.07) is 9.06. The maximum absolute atomic E-state index is 14.4. The van der Waals surface area contributed by atoms with Crippen molar-refractivity contribution in [3.63, 3.8) is 0 Å². The van der Waals surface area contributed by atoms with Gasteiger partial charge >= 0.3 is 0 Å². The molecule has 3 heterocycles. The number of anilines is 2. The van der Waals surface area contributed by atoms with Crippen LogP contribution in [-0.4, -0.2) is 77.1 Å². The largest absolute Gasteiger partial charge is 0.494 e. The summed E-state index contributed by atoms with van der Waals surface area (Å²) in [4.78, 5) is 9.72. The van der Waals surface area contributed by atoms with Crippen LogP contribution in [0.15, 0.2) is 30.5 Å². The number of likely N-dealkylation sites (tertiary alicyclic amines) is 1. The number of ether oxygens (including phenoxy) is 1. The Morgan fingerprint density at radius 3 is 2.72 bits per heavy atom. The number of nitrogens with zero attached hydrogens (tertiary/aromatic N) is 3. The number of rotatable bonds is 9. The number of H-pyrrole nitrogens is 1. The highest BCUT2D eigenvalue weighted by molar-refractivity contribution is 5.93. The molecule has 0 saturated carbocycles. The fourth-order valence-electron chi connectivity index (χ4n) is 4.64. The van der Waals surface area contributed by atoms with Crippen molar-refractivity contribution >= 4 is 22.3 Å². The van der Waals surface area contributed by atoms with Crippen molar-refractivity contribution in [3.8, 4) is 23.7 Å². The SMILES string of the molecule is COc1cc(C(C)(C)C#N)ncc1NCC#Cc1cc2c(NC3CCN(CC(O)CO)CC3)cc(F)cc2[nH]1. The number of aromatic nitrogens is 2. The molecule has 10 heteroatoms. The lowest BCUT2D eigenvalue weighted by molar-refractivity contribution is 0.0522. The topological polar surface area (TPSA) is 129 Å². The molecular weight excluding hydrogens is 499 g/mol. The van der Waals surface area contributed by atoms with E-state index in [0.717, 1.165) is 37.0 Å². The van der Waals surface area contributed by atoms with E-state index in [9.17, 15) is 14.8 Å². The quantitative estimate of drug-likeness (QED) is 0.265. The smallest absolute Gasteiger partial charge is 0.145 e. The number of nitriles is 1. The number of pyridine rings is 1. The molecule has 0 bridgehead atoms. The minimum atomic E-state index is -0.729. The van der Waals surface area contributed by atoms with Gasteiger partial charge in [-0.25, -0.2) is 4.39 Å². The van der Waals surface area contributed by atoms with Gasteiger partial charge in [0.1, 0.15) is 11.6 Å². The highest BCUT2D eigenvalue weighted by atomic mass is 19.1. The summed E-state index contributed by atoms with van der Waals surface area (Å²) in [6.07, 6.45) is 2.61. The average Bonchev–Trinajstić information content (AvgIpc) is 3.34. The number of aromatic amines is 1.